The van der Waals surface area contributed by atoms with Crippen LogP contribution < -0.4 is 10.6 Å². The van der Waals surface area contributed by atoms with E-state index in [4.69, 9.17) is 5.73 Å². The molecule has 1 amide bonds. The van der Waals surface area contributed by atoms with E-state index in [-0.39, 0.29) is 5.91 Å². The molecule has 0 radical (unpaired) electrons. The van der Waals surface area contributed by atoms with Crippen molar-refractivity contribution in [3.63, 3.8) is 0 Å². The molecule has 1 aromatic carbocycles. The summed E-state index contributed by atoms with van der Waals surface area (Å²) in [6.45, 7) is 0.703. The molecule has 0 spiro atoms. The number of para-hydroxylation sites is 1. The molecule has 0 unspecified atom stereocenters. The Morgan fingerprint density at radius 2 is 2.11 bits per heavy atom. The van der Waals surface area contributed by atoms with Crippen molar-refractivity contribution in [2.24, 2.45) is 0 Å². The van der Waals surface area contributed by atoms with Crippen molar-refractivity contribution >= 4 is 17.3 Å². The van der Waals surface area contributed by atoms with Crippen LogP contribution in [0.15, 0.2) is 42.6 Å². The molecule has 0 fully saturated rings. The molecule has 18 heavy (non-hydrogen) atoms. The second kappa shape index (κ2) is 4.14. The van der Waals surface area contributed by atoms with E-state index in [1.54, 1.807) is 23.2 Å². The molecule has 2 N–H and O–H groups in total. The summed E-state index contributed by atoms with van der Waals surface area (Å²) in [6.07, 6.45) is 2.45. The molecule has 2 heterocycles. The minimum Gasteiger partial charge on any atom is -0.399 e. The lowest BCUT2D eigenvalue weighted by atomic mass is 10.2. The van der Waals surface area contributed by atoms with Crippen LogP contribution in [0.3, 0.4) is 0 Å². The Morgan fingerprint density at radius 1 is 1.28 bits per heavy atom. The number of amides is 1. The summed E-state index contributed by atoms with van der Waals surface area (Å²) in [4.78, 5) is 18.2. The van der Waals surface area contributed by atoms with Crippen molar-refractivity contribution in [2.45, 2.75) is 6.42 Å². The van der Waals surface area contributed by atoms with Crippen LogP contribution in [0, 0.1) is 0 Å². The van der Waals surface area contributed by atoms with Crippen LogP contribution in [0.25, 0.3) is 0 Å². The molecule has 0 saturated carbocycles. The van der Waals surface area contributed by atoms with Crippen molar-refractivity contribution in [1.29, 1.82) is 0 Å². The highest BCUT2D eigenvalue weighted by atomic mass is 16.2. The fraction of sp³-hybridized carbons (Fsp3) is 0.143. The van der Waals surface area contributed by atoms with Crippen molar-refractivity contribution < 1.29 is 4.79 Å². The maximum absolute atomic E-state index is 12.4. The van der Waals surface area contributed by atoms with E-state index >= 15 is 0 Å². The van der Waals surface area contributed by atoms with Gasteiger partial charge >= 0.3 is 0 Å². The number of benzene rings is 1. The predicted molar refractivity (Wildman–Crippen MR) is 70.5 cm³/mol. The maximum Gasteiger partial charge on any atom is 0.276 e. The third kappa shape index (κ3) is 1.72. The summed E-state index contributed by atoms with van der Waals surface area (Å²) >= 11 is 0. The van der Waals surface area contributed by atoms with E-state index in [2.05, 4.69) is 11.1 Å². The monoisotopic (exact) mass is 239 g/mol. The number of aromatic nitrogens is 1. The topological polar surface area (TPSA) is 59.2 Å². The van der Waals surface area contributed by atoms with Crippen molar-refractivity contribution in [3.8, 4) is 0 Å². The first-order valence-corrected chi connectivity index (χ1v) is 5.87. The van der Waals surface area contributed by atoms with Gasteiger partial charge in [0.05, 0.1) is 0 Å². The normalized spacial score (nSPS) is 13.4. The quantitative estimate of drug-likeness (QED) is 0.826. The molecule has 0 saturated heterocycles. The fourth-order valence-electron chi connectivity index (χ4n) is 2.25. The minimum atomic E-state index is -0.0905. The Kier molecular flexibility index (Phi) is 2.48. The predicted octanol–water partition coefficient (Wildman–Crippen LogP) is 1.87. The highest BCUT2D eigenvalue weighted by Crippen LogP contribution is 2.28. The second-order valence-electron chi connectivity index (χ2n) is 4.31. The molecule has 0 aliphatic carbocycles. The number of fused-ring (bicyclic) bond motifs is 1. The van der Waals surface area contributed by atoms with E-state index in [1.807, 2.05) is 18.2 Å². The molecule has 0 atom stereocenters. The highest BCUT2D eigenvalue weighted by Gasteiger charge is 2.25. The molecule has 2 aromatic rings. The van der Waals surface area contributed by atoms with Gasteiger partial charge in [-0.2, -0.15) is 0 Å². The van der Waals surface area contributed by atoms with Crippen LogP contribution in [0.2, 0.25) is 0 Å². The van der Waals surface area contributed by atoms with Gasteiger partial charge in [0.2, 0.25) is 0 Å². The molecule has 1 aromatic heterocycles. The van der Waals surface area contributed by atoms with Gasteiger partial charge in [-0.1, -0.05) is 18.2 Å². The van der Waals surface area contributed by atoms with Crippen molar-refractivity contribution in [2.75, 3.05) is 17.2 Å². The highest BCUT2D eigenvalue weighted by molar-refractivity contribution is 6.06. The van der Waals surface area contributed by atoms with E-state index in [9.17, 15) is 4.79 Å². The molecule has 90 valence electrons. The number of nitrogens with two attached hydrogens (primary N) is 1. The molecule has 3 rings (SSSR count). The van der Waals surface area contributed by atoms with Gasteiger partial charge in [-0.05, 0) is 30.2 Å². The van der Waals surface area contributed by atoms with Gasteiger partial charge in [-0.3, -0.25) is 9.78 Å². The maximum atomic E-state index is 12.4. The number of pyridine rings is 1. The number of anilines is 2. The summed E-state index contributed by atoms with van der Waals surface area (Å²) in [5.74, 6) is -0.0905. The Bertz CT molecular complexity index is 609. The van der Waals surface area contributed by atoms with Gasteiger partial charge in [0.15, 0.2) is 0 Å². The second-order valence-corrected chi connectivity index (χ2v) is 4.31. The van der Waals surface area contributed by atoms with Gasteiger partial charge < -0.3 is 10.6 Å². The van der Waals surface area contributed by atoms with Gasteiger partial charge in [0.25, 0.3) is 5.91 Å². The number of carbonyl (C=O) groups excluding carboxylic acids is 1. The van der Waals surface area contributed by atoms with Crippen LogP contribution in [0.1, 0.15) is 16.1 Å². The standard InChI is InChI=1S/C14H13N3O/c15-11-5-7-16-12(9-11)14(18)17-8-6-10-3-1-2-4-13(10)17/h1-5,7,9H,6,8H2,(H2,15,16). The van der Waals surface area contributed by atoms with Gasteiger partial charge in [0.1, 0.15) is 5.69 Å². The molecular formula is C14H13N3O. The summed E-state index contributed by atoms with van der Waals surface area (Å²) in [5.41, 5.74) is 8.81. The van der Waals surface area contributed by atoms with Gasteiger partial charge in [-0.25, -0.2) is 0 Å². The summed E-state index contributed by atoms with van der Waals surface area (Å²) in [6, 6.07) is 11.2. The zero-order valence-electron chi connectivity index (χ0n) is 9.84. The number of nitrogens with zero attached hydrogens (tertiary/aromatic N) is 2. The summed E-state index contributed by atoms with van der Waals surface area (Å²) < 4.78 is 0. The Hall–Kier alpha value is -2.36. The number of rotatable bonds is 1. The first kappa shape index (κ1) is 10.8. The van der Waals surface area contributed by atoms with Gasteiger partial charge in [-0.15, -0.1) is 0 Å². The molecule has 4 nitrogen and oxygen atoms in total. The largest absolute Gasteiger partial charge is 0.399 e. The van der Waals surface area contributed by atoms with Crippen molar-refractivity contribution in [3.05, 3.63) is 53.9 Å². The molecular weight excluding hydrogens is 226 g/mol. The first-order chi connectivity index (χ1) is 8.75. The first-order valence-electron chi connectivity index (χ1n) is 5.87. The molecule has 0 bridgehead atoms. The Balaban J connectivity index is 1.96. The number of carbonyl (C=O) groups is 1. The van der Waals surface area contributed by atoms with Crippen LogP contribution in [0.5, 0.6) is 0 Å². The number of hydrogen-bond acceptors (Lipinski definition) is 3. The third-order valence-electron chi connectivity index (χ3n) is 3.14. The zero-order valence-corrected chi connectivity index (χ0v) is 9.84. The molecule has 1 aliphatic heterocycles. The lowest BCUT2D eigenvalue weighted by molar-refractivity contribution is 0.0984. The smallest absolute Gasteiger partial charge is 0.276 e. The molecule has 4 heteroatoms. The van der Waals surface area contributed by atoms with Crippen LogP contribution in [0.4, 0.5) is 11.4 Å². The average molecular weight is 239 g/mol. The number of hydrogen-bond donors (Lipinski definition) is 1. The van der Waals surface area contributed by atoms with Crippen LogP contribution >= 0.6 is 0 Å². The Morgan fingerprint density at radius 3 is 2.94 bits per heavy atom. The average Bonchev–Trinajstić information content (AvgIpc) is 2.82. The van der Waals surface area contributed by atoms with Crippen LogP contribution in [-0.2, 0) is 6.42 Å². The third-order valence-corrected chi connectivity index (χ3v) is 3.14. The van der Waals surface area contributed by atoms with Crippen LogP contribution in [-0.4, -0.2) is 17.4 Å². The van der Waals surface area contributed by atoms with E-state index in [1.165, 1.54) is 5.56 Å². The summed E-state index contributed by atoms with van der Waals surface area (Å²) in [5, 5.41) is 0. The van der Waals surface area contributed by atoms with Gasteiger partial charge in [0, 0.05) is 24.1 Å². The van der Waals surface area contributed by atoms with E-state index < -0.39 is 0 Å². The molecule has 1 aliphatic rings. The Labute approximate surface area is 105 Å². The summed E-state index contributed by atoms with van der Waals surface area (Å²) in [7, 11) is 0. The minimum absolute atomic E-state index is 0.0905. The SMILES string of the molecule is Nc1ccnc(C(=O)N2CCc3ccccc32)c1. The van der Waals surface area contributed by atoms with E-state index in [0.717, 1.165) is 12.1 Å². The fourth-order valence-corrected chi connectivity index (χ4v) is 2.25. The number of nitrogen functional groups attached to an aromatic ring is 1. The van der Waals surface area contributed by atoms with Crippen molar-refractivity contribution in [1.82, 2.24) is 4.98 Å². The van der Waals surface area contributed by atoms with E-state index in [0.29, 0.717) is 17.9 Å². The zero-order chi connectivity index (χ0) is 12.5. The lowest BCUT2D eigenvalue weighted by Gasteiger charge is -2.16. The lowest BCUT2D eigenvalue weighted by Crippen LogP contribution is -2.29.